The Bertz CT molecular complexity index is 811. The third kappa shape index (κ3) is 3.26. The number of carbonyl (C=O) groups excluding carboxylic acids is 1. The first-order valence-electron chi connectivity index (χ1n) is 7.38. The zero-order chi connectivity index (χ0) is 16.2. The van der Waals surface area contributed by atoms with Gasteiger partial charge in [0.25, 0.3) is 0 Å². The second kappa shape index (κ2) is 6.39. The van der Waals surface area contributed by atoms with Crippen molar-refractivity contribution in [3.05, 3.63) is 54.1 Å². The van der Waals surface area contributed by atoms with Gasteiger partial charge in [-0.25, -0.2) is 15.0 Å². The lowest BCUT2D eigenvalue weighted by atomic mass is 10.1. The molecule has 0 amide bonds. The maximum Gasteiger partial charge on any atom is 0.227 e. The van der Waals surface area contributed by atoms with Gasteiger partial charge in [-0.1, -0.05) is 32.0 Å². The standard InChI is InChI=1S/C17H17N5O/c1-11(2)15-16(22-14(10-23)21-15)13-8-9-18-17(20-13)19-12-6-4-3-5-7-12/h3-11H,1-2H3,(H,21,22)(H,18,19,20). The molecule has 3 aromatic rings. The smallest absolute Gasteiger partial charge is 0.227 e. The summed E-state index contributed by atoms with van der Waals surface area (Å²) in [6.07, 6.45) is 2.38. The fourth-order valence-corrected chi connectivity index (χ4v) is 2.28. The Morgan fingerprint density at radius 2 is 1.91 bits per heavy atom. The van der Waals surface area contributed by atoms with Gasteiger partial charge in [-0.2, -0.15) is 0 Å². The van der Waals surface area contributed by atoms with Gasteiger partial charge in [0.15, 0.2) is 12.1 Å². The largest absolute Gasteiger partial charge is 0.339 e. The zero-order valence-electron chi connectivity index (χ0n) is 12.9. The molecule has 23 heavy (non-hydrogen) atoms. The Balaban J connectivity index is 1.97. The molecule has 2 heterocycles. The van der Waals surface area contributed by atoms with E-state index < -0.39 is 0 Å². The molecule has 0 aliphatic carbocycles. The number of aromatic amines is 1. The molecule has 0 saturated carbocycles. The number of rotatable bonds is 5. The molecule has 0 aliphatic heterocycles. The molecular formula is C17H17N5O. The van der Waals surface area contributed by atoms with E-state index in [0.717, 1.165) is 11.4 Å². The summed E-state index contributed by atoms with van der Waals surface area (Å²) in [6.45, 7) is 4.08. The van der Waals surface area contributed by atoms with Gasteiger partial charge in [-0.3, -0.25) is 4.79 Å². The number of nitrogens with zero attached hydrogens (tertiary/aromatic N) is 3. The number of hydrogen-bond acceptors (Lipinski definition) is 5. The predicted octanol–water partition coefficient (Wildman–Crippen LogP) is 3.55. The highest BCUT2D eigenvalue weighted by Crippen LogP contribution is 2.26. The molecule has 0 aliphatic rings. The summed E-state index contributed by atoms with van der Waals surface area (Å²) in [5.74, 6) is 0.991. The third-order valence-corrected chi connectivity index (χ3v) is 3.37. The van der Waals surface area contributed by atoms with E-state index in [4.69, 9.17) is 0 Å². The predicted molar refractivity (Wildman–Crippen MR) is 88.8 cm³/mol. The third-order valence-electron chi connectivity index (χ3n) is 3.37. The van der Waals surface area contributed by atoms with E-state index >= 15 is 0 Å². The Hall–Kier alpha value is -3.02. The van der Waals surface area contributed by atoms with Crippen LogP contribution in [0.1, 0.15) is 36.1 Å². The molecule has 0 saturated heterocycles. The highest BCUT2D eigenvalue weighted by Gasteiger charge is 2.16. The number of para-hydroxylation sites is 1. The minimum atomic E-state index is 0.201. The first kappa shape index (κ1) is 14.9. The molecule has 1 aromatic carbocycles. The number of benzene rings is 1. The number of carbonyl (C=O) groups is 1. The minimum absolute atomic E-state index is 0.201. The average Bonchev–Trinajstić information content (AvgIpc) is 3.01. The first-order valence-corrected chi connectivity index (χ1v) is 7.38. The van der Waals surface area contributed by atoms with E-state index in [1.165, 1.54) is 0 Å². The second-order valence-electron chi connectivity index (χ2n) is 5.41. The maximum absolute atomic E-state index is 11.0. The van der Waals surface area contributed by atoms with Crippen LogP contribution in [0.25, 0.3) is 11.4 Å². The van der Waals surface area contributed by atoms with Crippen molar-refractivity contribution in [3.63, 3.8) is 0 Å². The Morgan fingerprint density at radius 3 is 2.61 bits per heavy atom. The fraction of sp³-hybridized carbons (Fsp3) is 0.176. The van der Waals surface area contributed by atoms with Crippen LogP contribution in [-0.4, -0.2) is 26.2 Å². The van der Waals surface area contributed by atoms with Crippen molar-refractivity contribution in [2.45, 2.75) is 19.8 Å². The molecule has 6 heteroatoms. The highest BCUT2D eigenvalue weighted by molar-refractivity contribution is 5.73. The van der Waals surface area contributed by atoms with Crippen LogP contribution in [0.2, 0.25) is 0 Å². The first-order chi connectivity index (χ1) is 11.2. The minimum Gasteiger partial charge on any atom is -0.339 e. The number of aromatic nitrogens is 4. The van der Waals surface area contributed by atoms with E-state index in [0.29, 0.717) is 29.4 Å². The quantitative estimate of drug-likeness (QED) is 0.704. The summed E-state index contributed by atoms with van der Waals surface area (Å²) >= 11 is 0. The van der Waals surface area contributed by atoms with E-state index in [-0.39, 0.29) is 5.92 Å². The summed E-state index contributed by atoms with van der Waals surface area (Å²) in [4.78, 5) is 27.1. The summed E-state index contributed by atoms with van der Waals surface area (Å²) in [7, 11) is 0. The molecule has 0 bridgehead atoms. The SMILES string of the molecule is CC(C)c1[nH]c(C=O)nc1-c1ccnc(Nc2ccccc2)n1. The second-order valence-corrected chi connectivity index (χ2v) is 5.41. The molecule has 0 spiro atoms. The average molecular weight is 307 g/mol. The van der Waals surface area contributed by atoms with E-state index in [1.54, 1.807) is 12.3 Å². The van der Waals surface area contributed by atoms with E-state index in [1.807, 2.05) is 44.2 Å². The molecule has 0 radical (unpaired) electrons. The van der Waals surface area contributed by atoms with Gasteiger partial charge >= 0.3 is 0 Å². The zero-order valence-corrected chi connectivity index (χ0v) is 12.9. The van der Waals surface area contributed by atoms with Crippen LogP contribution in [0.3, 0.4) is 0 Å². The van der Waals surface area contributed by atoms with Crippen LogP contribution in [0.15, 0.2) is 42.6 Å². The molecule has 2 N–H and O–H groups in total. The van der Waals surface area contributed by atoms with E-state index in [2.05, 4.69) is 25.3 Å². The van der Waals surface area contributed by atoms with E-state index in [9.17, 15) is 4.79 Å². The summed E-state index contributed by atoms with van der Waals surface area (Å²) in [5, 5.41) is 3.15. The number of hydrogen-bond donors (Lipinski definition) is 2. The van der Waals surface area contributed by atoms with Gasteiger partial charge in [0.1, 0.15) is 5.69 Å². The summed E-state index contributed by atoms with van der Waals surface area (Å²) in [5.41, 5.74) is 3.15. The van der Waals surface area contributed by atoms with Crippen molar-refractivity contribution in [2.24, 2.45) is 0 Å². The van der Waals surface area contributed by atoms with Gasteiger partial charge in [0, 0.05) is 17.6 Å². The van der Waals surface area contributed by atoms with Crippen LogP contribution < -0.4 is 5.32 Å². The number of H-pyrrole nitrogens is 1. The van der Waals surface area contributed by atoms with Crippen molar-refractivity contribution < 1.29 is 4.79 Å². The molecule has 0 atom stereocenters. The number of aldehydes is 1. The van der Waals surface area contributed by atoms with Crippen LogP contribution in [0.4, 0.5) is 11.6 Å². The van der Waals surface area contributed by atoms with Crippen molar-refractivity contribution in [1.29, 1.82) is 0 Å². The lowest BCUT2D eigenvalue weighted by Crippen LogP contribution is -1.99. The van der Waals surface area contributed by atoms with Crippen LogP contribution in [0.5, 0.6) is 0 Å². The molecule has 116 valence electrons. The lowest BCUT2D eigenvalue weighted by molar-refractivity contribution is 0.111. The Labute approximate surface area is 134 Å². The van der Waals surface area contributed by atoms with Crippen molar-refractivity contribution in [2.75, 3.05) is 5.32 Å². The van der Waals surface area contributed by atoms with Crippen molar-refractivity contribution in [1.82, 2.24) is 19.9 Å². The van der Waals surface area contributed by atoms with Gasteiger partial charge in [0.2, 0.25) is 5.95 Å². The number of nitrogens with one attached hydrogen (secondary N) is 2. The van der Waals surface area contributed by atoms with Crippen LogP contribution >= 0.6 is 0 Å². The number of imidazole rings is 1. The fourth-order valence-electron chi connectivity index (χ4n) is 2.28. The molecule has 6 nitrogen and oxygen atoms in total. The van der Waals surface area contributed by atoms with Crippen LogP contribution in [0, 0.1) is 0 Å². The van der Waals surface area contributed by atoms with Gasteiger partial charge in [-0.05, 0) is 24.1 Å². The molecular weight excluding hydrogens is 290 g/mol. The Kier molecular flexibility index (Phi) is 4.14. The molecule has 3 rings (SSSR count). The molecule has 0 fully saturated rings. The van der Waals surface area contributed by atoms with Crippen molar-refractivity contribution in [3.8, 4) is 11.4 Å². The molecule has 2 aromatic heterocycles. The summed E-state index contributed by atoms with van der Waals surface area (Å²) < 4.78 is 0. The van der Waals surface area contributed by atoms with Gasteiger partial charge < -0.3 is 10.3 Å². The maximum atomic E-state index is 11.0. The lowest BCUT2D eigenvalue weighted by Gasteiger charge is -2.08. The van der Waals surface area contributed by atoms with Crippen molar-refractivity contribution >= 4 is 17.9 Å². The molecule has 0 unspecified atom stereocenters. The Morgan fingerprint density at radius 1 is 1.13 bits per heavy atom. The topological polar surface area (TPSA) is 83.6 Å². The normalized spacial score (nSPS) is 10.7. The van der Waals surface area contributed by atoms with Gasteiger partial charge in [0.05, 0.1) is 5.69 Å². The monoisotopic (exact) mass is 307 g/mol. The highest BCUT2D eigenvalue weighted by atomic mass is 16.1. The summed E-state index contributed by atoms with van der Waals surface area (Å²) in [6, 6.07) is 11.5. The van der Waals surface area contributed by atoms with Gasteiger partial charge in [-0.15, -0.1) is 0 Å². The van der Waals surface area contributed by atoms with Crippen LogP contribution in [-0.2, 0) is 0 Å². The number of anilines is 2.